The Labute approximate surface area is 120 Å². The van der Waals surface area contributed by atoms with Crippen molar-refractivity contribution in [3.63, 3.8) is 0 Å². The number of carbonyl (C=O) groups is 1. The maximum atomic E-state index is 11.7. The van der Waals surface area contributed by atoms with E-state index < -0.39 is 0 Å². The summed E-state index contributed by atoms with van der Waals surface area (Å²) in [4.78, 5) is 13.8. The van der Waals surface area contributed by atoms with Crippen LogP contribution in [0.4, 0.5) is 0 Å². The first-order valence-electron chi connectivity index (χ1n) is 7.55. The standard InChI is InChI=1S/C18H21NO/c1-2-18(20)19-12-10-15(11-13-19)17-9-5-7-14-6-3-4-8-16(14)17/h3-9,15H,2,10-13H2,1H3. The summed E-state index contributed by atoms with van der Waals surface area (Å²) < 4.78 is 0. The van der Waals surface area contributed by atoms with Gasteiger partial charge in [0.25, 0.3) is 0 Å². The molecule has 0 N–H and O–H groups in total. The van der Waals surface area contributed by atoms with Crippen molar-refractivity contribution in [2.24, 2.45) is 0 Å². The highest BCUT2D eigenvalue weighted by atomic mass is 16.2. The molecule has 2 aromatic carbocycles. The monoisotopic (exact) mass is 267 g/mol. The molecule has 20 heavy (non-hydrogen) atoms. The second-order valence-corrected chi connectivity index (χ2v) is 5.58. The summed E-state index contributed by atoms with van der Waals surface area (Å²) in [6.45, 7) is 3.75. The van der Waals surface area contributed by atoms with Gasteiger partial charge in [0.1, 0.15) is 0 Å². The van der Waals surface area contributed by atoms with Crippen LogP contribution < -0.4 is 0 Å². The first-order valence-corrected chi connectivity index (χ1v) is 7.55. The molecule has 0 saturated carbocycles. The molecule has 1 aliphatic heterocycles. The molecule has 2 aromatic rings. The van der Waals surface area contributed by atoms with Crippen molar-refractivity contribution in [1.29, 1.82) is 0 Å². The van der Waals surface area contributed by atoms with Crippen LogP contribution in [0.3, 0.4) is 0 Å². The van der Waals surface area contributed by atoms with Gasteiger partial charge in [0.2, 0.25) is 5.91 Å². The van der Waals surface area contributed by atoms with Crippen molar-refractivity contribution in [2.75, 3.05) is 13.1 Å². The number of rotatable bonds is 2. The minimum atomic E-state index is 0.293. The van der Waals surface area contributed by atoms with E-state index in [4.69, 9.17) is 0 Å². The number of fused-ring (bicyclic) bond motifs is 1. The van der Waals surface area contributed by atoms with Gasteiger partial charge in [-0.25, -0.2) is 0 Å². The lowest BCUT2D eigenvalue weighted by Gasteiger charge is -2.32. The zero-order chi connectivity index (χ0) is 13.9. The zero-order valence-electron chi connectivity index (χ0n) is 12.0. The molecular weight excluding hydrogens is 246 g/mol. The molecular formula is C18H21NO. The van der Waals surface area contributed by atoms with Gasteiger partial charge < -0.3 is 4.90 Å². The average molecular weight is 267 g/mol. The van der Waals surface area contributed by atoms with Gasteiger partial charge in [-0.05, 0) is 35.1 Å². The van der Waals surface area contributed by atoms with Gasteiger partial charge in [-0.15, -0.1) is 0 Å². The molecule has 2 heteroatoms. The van der Waals surface area contributed by atoms with E-state index in [0.29, 0.717) is 18.2 Å². The van der Waals surface area contributed by atoms with Gasteiger partial charge in [-0.3, -0.25) is 4.79 Å². The predicted molar refractivity (Wildman–Crippen MR) is 82.8 cm³/mol. The van der Waals surface area contributed by atoms with Crippen LogP contribution in [0.2, 0.25) is 0 Å². The van der Waals surface area contributed by atoms with Gasteiger partial charge in [-0.1, -0.05) is 49.4 Å². The number of benzene rings is 2. The van der Waals surface area contributed by atoms with Crippen molar-refractivity contribution in [2.45, 2.75) is 32.1 Å². The molecule has 1 saturated heterocycles. The molecule has 1 amide bonds. The second-order valence-electron chi connectivity index (χ2n) is 5.58. The first-order chi connectivity index (χ1) is 9.79. The van der Waals surface area contributed by atoms with Gasteiger partial charge in [0.05, 0.1) is 0 Å². The van der Waals surface area contributed by atoms with Gasteiger partial charge in [0.15, 0.2) is 0 Å². The summed E-state index contributed by atoms with van der Waals surface area (Å²) in [6.07, 6.45) is 2.79. The van der Waals surface area contributed by atoms with Crippen LogP contribution in [0.5, 0.6) is 0 Å². The average Bonchev–Trinajstić information content (AvgIpc) is 2.54. The van der Waals surface area contributed by atoms with Crippen molar-refractivity contribution in [1.82, 2.24) is 4.90 Å². The van der Waals surface area contributed by atoms with Crippen molar-refractivity contribution < 1.29 is 4.79 Å². The Balaban J connectivity index is 1.82. The number of carbonyl (C=O) groups excluding carboxylic acids is 1. The third-order valence-electron chi connectivity index (χ3n) is 4.41. The second kappa shape index (κ2) is 5.66. The van der Waals surface area contributed by atoms with Gasteiger partial charge >= 0.3 is 0 Å². The lowest BCUT2D eigenvalue weighted by Crippen LogP contribution is -2.37. The SMILES string of the molecule is CCC(=O)N1CCC(c2cccc3ccccc23)CC1. The molecule has 1 fully saturated rings. The van der Waals surface area contributed by atoms with Crippen LogP contribution in [-0.2, 0) is 4.79 Å². The van der Waals surface area contributed by atoms with E-state index in [1.807, 2.05) is 11.8 Å². The smallest absolute Gasteiger partial charge is 0.222 e. The predicted octanol–water partition coefficient (Wildman–Crippen LogP) is 3.96. The summed E-state index contributed by atoms with van der Waals surface area (Å²) in [5, 5.41) is 2.69. The third-order valence-corrected chi connectivity index (χ3v) is 4.41. The highest BCUT2D eigenvalue weighted by molar-refractivity contribution is 5.86. The Morgan fingerprint density at radius 1 is 1.10 bits per heavy atom. The van der Waals surface area contributed by atoms with E-state index >= 15 is 0 Å². The minimum Gasteiger partial charge on any atom is -0.343 e. The molecule has 1 aliphatic rings. The molecule has 0 unspecified atom stereocenters. The molecule has 0 aliphatic carbocycles. The molecule has 0 spiro atoms. The van der Waals surface area contributed by atoms with Crippen LogP contribution in [0.25, 0.3) is 10.8 Å². The first kappa shape index (κ1) is 13.2. The fourth-order valence-corrected chi connectivity index (χ4v) is 3.27. The van der Waals surface area contributed by atoms with Gasteiger partial charge in [-0.2, -0.15) is 0 Å². The molecule has 3 rings (SSSR count). The summed E-state index contributed by atoms with van der Waals surface area (Å²) in [7, 11) is 0. The fourth-order valence-electron chi connectivity index (χ4n) is 3.27. The number of piperidine rings is 1. The molecule has 0 bridgehead atoms. The largest absolute Gasteiger partial charge is 0.343 e. The van der Waals surface area contributed by atoms with Crippen molar-refractivity contribution in [3.05, 3.63) is 48.0 Å². The number of nitrogens with zero attached hydrogens (tertiary/aromatic N) is 1. The van der Waals surface area contributed by atoms with Crippen molar-refractivity contribution in [3.8, 4) is 0 Å². The number of amides is 1. The summed E-state index contributed by atoms with van der Waals surface area (Å²) in [5.74, 6) is 0.878. The van der Waals surface area contributed by atoms with Crippen LogP contribution in [0.15, 0.2) is 42.5 Å². The lowest BCUT2D eigenvalue weighted by atomic mass is 9.86. The van der Waals surface area contributed by atoms with E-state index in [2.05, 4.69) is 42.5 Å². The lowest BCUT2D eigenvalue weighted by molar-refractivity contribution is -0.131. The number of hydrogen-bond acceptors (Lipinski definition) is 1. The molecule has 104 valence electrons. The molecule has 2 nitrogen and oxygen atoms in total. The summed E-state index contributed by atoms with van der Waals surface area (Å²) in [6, 6.07) is 15.2. The molecule has 0 radical (unpaired) electrons. The summed E-state index contributed by atoms with van der Waals surface area (Å²) >= 11 is 0. The quantitative estimate of drug-likeness (QED) is 0.806. The summed E-state index contributed by atoms with van der Waals surface area (Å²) in [5.41, 5.74) is 1.45. The van der Waals surface area contributed by atoms with E-state index in [1.54, 1.807) is 0 Å². The molecule has 0 atom stereocenters. The van der Waals surface area contributed by atoms with Crippen LogP contribution in [0, 0.1) is 0 Å². The van der Waals surface area contributed by atoms with E-state index in [1.165, 1.54) is 16.3 Å². The zero-order valence-corrected chi connectivity index (χ0v) is 12.0. The van der Waals surface area contributed by atoms with Crippen LogP contribution >= 0.6 is 0 Å². The number of likely N-dealkylation sites (tertiary alicyclic amines) is 1. The Morgan fingerprint density at radius 2 is 1.80 bits per heavy atom. The highest BCUT2D eigenvalue weighted by Gasteiger charge is 2.23. The van der Waals surface area contributed by atoms with Crippen molar-refractivity contribution >= 4 is 16.7 Å². The Kier molecular flexibility index (Phi) is 3.72. The highest BCUT2D eigenvalue weighted by Crippen LogP contribution is 2.33. The minimum absolute atomic E-state index is 0.293. The van der Waals surface area contributed by atoms with Crippen LogP contribution in [0.1, 0.15) is 37.7 Å². The van der Waals surface area contributed by atoms with E-state index in [-0.39, 0.29) is 0 Å². The maximum Gasteiger partial charge on any atom is 0.222 e. The number of hydrogen-bond donors (Lipinski definition) is 0. The van der Waals surface area contributed by atoms with Crippen LogP contribution in [-0.4, -0.2) is 23.9 Å². The third kappa shape index (κ3) is 2.43. The van der Waals surface area contributed by atoms with E-state index in [9.17, 15) is 4.79 Å². The maximum absolute atomic E-state index is 11.7. The molecule has 0 aromatic heterocycles. The fraction of sp³-hybridized carbons (Fsp3) is 0.389. The van der Waals surface area contributed by atoms with E-state index in [0.717, 1.165) is 25.9 Å². The topological polar surface area (TPSA) is 20.3 Å². The molecule has 1 heterocycles. The normalized spacial score (nSPS) is 16.6. The Hall–Kier alpha value is -1.83. The Morgan fingerprint density at radius 3 is 2.55 bits per heavy atom. The Bertz CT molecular complexity index is 606. The van der Waals surface area contributed by atoms with Gasteiger partial charge in [0, 0.05) is 19.5 Å².